The summed E-state index contributed by atoms with van der Waals surface area (Å²) >= 11 is 12.4. The van der Waals surface area contributed by atoms with Crippen molar-refractivity contribution < 1.29 is 28.3 Å². The first-order valence-electron chi connectivity index (χ1n) is 10.2. The standard InChI is InChI=1S/C23H19Cl2FN2O5/c24-18-9-16-17(10-19(18)25)22(31)28(21(16)30)15-3-1-2-12(8-15)23(32)33-11-20(29)27-14-6-4-13(26)5-7-14/h1-8,16-19H,9-11H2,(H,27,29)/t16-,17+,18-,19-/m0/s1. The zero-order valence-electron chi connectivity index (χ0n) is 17.2. The molecule has 1 saturated carbocycles. The number of anilines is 2. The van der Waals surface area contributed by atoms with Crippen LogP contribution in [-0.4, -0.2) is 41.1 Å². The number of nitrogens with one attached hydrogen (secondary N) is 1. The first-order valence-corrected chi connectivity index (χ1v) is 11.1. The summed E-state index contributed by atoms with van der Waals surface area (Å²) in [6.07, 6.45) is 0.624. The van der Waals surface area contributed by atoms with Gasteiger partial charge in [0.25, 0.3) is 5.91 Å². The van der Waals surface area contributed by atoms with E-state index in [1.165, 1.54) is 42.5 Å². The molecule has 0 aromatic heterocycles. The molecule has 33 heavy (non-hydrogen) atoms. The number of ether oxygens (including phenoxy) is 1. The van der Waals surface area contributed by atoms with Crippen LogP contribution >= 0.6 is 23.2 Å². The van der Waals surface area contributed by atoms with Crippen molar-refractivity contribution in [1.82, 2.24) is 0 Å². The minimum absolute atomic E-state index is 0.0722. The van der Waals surface area contributed by atoms with Crippen molar-refractivity contribution >= 4 is 58.3 Å². The Morgan fingerprint density at radius 3 is 2.21 bits per heavy atom. The average molecular weight is 493 g/mol. The third-order valence-corrected chi connectivity index (χ3v) is 6.81. The summed E-state index contributed by atoms with van der Waals surface area (Å²) in [5.74, 6) is -3.68. The molecule has 10 heteroatoms. The van der Waals surface area contributed by atoms with Crippen molar-refractivity contribution in [1.29, 1.82) is 0 Å². The van der Waals surface area contributed by atoms with E-state index in [4.69, 9.17) is 27.9 Å². The van der Waals surface area contributed by atoms with E-state index in [1.54, 1.807) is 6.07 Å². The minimum atomic E-state index is -0.802. The lowest BCUT2D eigenvalue weighted by molar-refractivity contribution is -0.122. The molecule has 2 aromatic rings. The van der Waals surface area contributed by atoms with Crippen LogP contribution in [0.1, 0.15) is 23.2 Å². The first-order chi connectivity index (χ1) is 15.7. The van der Waals surface area contributed by atoms with Crippen LogP contribution < -0.4 is 10.2 Å². The van der Waals surface area contributed by atoms with Crippen LogP contribution in [-0.2, 0) is 19.1 Å². The molecule has 1 heterocycles. The molecule has 1 saturated heterocycles. The number of hydrogen-bond acceptors (Lipinski definition) is 5. The highest BCUT2D eigenvalue weighted by atomic mass is 35.5. The lowest BCUT2D eigenvalue weighted by Crippen LogP contribution is -2.34. The molecule has 2 fully saturated rings. The van der Waals surface area contributed by atoms with Gasteiger partial charge in [0.1, 0.15) is 5.82 Å². The first kappa shape index (κ1) is 23.2. The van der Waals surface area contributed by atoms with Gasteiger partial charge in [0.05, 0.1) is 33.8 Å². The summed E-state index contributed by atoms with van der Waals surface area (Å²) in [7, 11) is 0. The Kier molecular flexibility index (Phi) is 6.67. The monoisotopic (exact) mass is 492 g/mol. The van der Waals surface area contributed by atoms with Gasteiger partial charge in [-0.3, -0.25) is 19.3 Å². The Morgan fingerprint density at radius 1 is 1.00 bits per heavy atom. The Morgan fingerprint density at radius 2 is 1.61 bits per heavy atom. The highest BCUT2D eigenvalue weighted by Gasteiger charge is 2.52. The zero-order chi connectivity index (χ0) is 23.7. The molecule has 2 aliphatic rings. The highest BCUT2D eigenvalue weighted by Crippen LogP contribution is 2.43. The van der Waals surface area contributed by atoms with Crippen molar-refractivity contribution in [3.05, 3.63) is 59.9 Å². The quantitative estimate of drug-likeness (QED) is 0.389. The predicted molar refractivity (Wildman–Crippen MR) is 120 cm³/mol. The number of rotatable bonds is 5. The van der Waals surface area contributed by atoms with E-state index >= 15 is 0 Å². The van der Waals surface area contributed by atoms with E-state index in [0.29, 0.717) is 18.5 Å². The zero-order valence-corrected chi connectivity index (χ0v) is 18.7. The molecule has 1 aliphatic heterocycles. The number of esters is 1. The molecule has 2 aromatic carbocycles. The molecule has 0 spiro atoms. The molecule has 0 radical (unpaired) electrons. The number of halogens is 3. The second kappa shape index (κ2) is 9.49. The molecule has 4 rings (SSSR count). The summed E-state index contributed by atoms with van der Waals surface area (Å²) in [6.45, 7) is -0.569. The van der Waals surface area contributed by atoms with E-state index in [0.717, 1.165) is 4.90 Å². The molecule has 0 unspecified atom stereocenters. The van der Waals surface area contributed by atoms with E-state index in [9.17, 15) is 23.6 Å². The molecule has 3 amide bonds. The number of alkyl halides is 2. The van der Waals surface area contributed by atoms with E-state index in [-0.39, 0.29) is 23.1 Å². The molecule has 172 valence electrons. The van der Waals surface area contributed by atoms with Gasteiger partial charge in [-0.1, -0.05) is 6.07 Å². The molecule has 7 nitrogen and oxygen atoms in total. The van der Waals surface area contributed by atoms with Crippen LogP contribution in [0.2, 0.25) is 0 Å². The number of carbonyl (C=O) groups excluding carboxylic acids is 4. The fraction of sp³-hybridized carbons (Fsp3) is 0.304. The molecule has 0 bridgehead atoms. The lowest BCUT2D eigenvalue weighted by atomic mass is 9.80. The van der Waals surface area contributed by atoms with E-state index in [1.807, 2.05) is 0 Å². The van der Waals surface area contributed by atoms with Gasteiger partial charge in [0, 0.05) is 5.69 Å². The Bertz CT molecular complexity index is 1080. The Hall–Kier alpha value is -2.97. The number of carbonyl (C=O) groups is 4. The number of amides is 3. The Labute approximate surface area is 198 Å². The van der Waals surface area contributed by atoms with Gasteiger partial charge < -0.3 is 10.1 Å². The van der Waals surface area contributed by atoms with Gasteiger partial charge >= 0.3 is 5.97 Å². The Balaban J connectivity index is 1.41. The van der Waals surface area contributed by atoms with Gasteiger partial charge in [0.2, 0.25) is 11.8 Å². The smallest absolute Gasteiger partial charge is 0.338 e. The largest absolute Gasteiger partial charge is 0.452 e. The van der Waals surface area contributed by atoms with Crippen LogP contribution in [0.3, 0.4) is 0 Å². The van der Waals surface area contributed by atoms with Gasteiger partial charge in [-0.25, -0.2) is 9.18 Å². The summed E-state index contributed by atoms with van der Waals surface area (Å²) in [5, 5.41) is 1.68. The van der Waals surface area contributed by atoms with E-state index < -0.39 is 46.9 Å². The SMILES string of the molecule is O=C(COC(=O)c1cccc(N2C(=O)[C@H]3C[C@H](Cl)[C@@H](Cl)C[C@H]3C2=O)c1)Nc1ccc(F)cc1. The fourth-order valence-corrected chi connectivity index (χ4v) is 4.66. The molecular weight excluding hydrogens is 474 g/mol. The number of hydrogen-bond donors (Lipinski definition) is 1. The summed E-state index contributed by atoms with van der Waals surface area (Å²) in [6, 6.07) is 11.0. The van der Waals surface area contributed by atoms with Crippen LogP contribution in [0.5, 0.6) is 0 Å². The summed E-state index contributed by atoms with van der Waals surface area (Å²) in [5.41, 5.74) is 0.662. The van der Waals surface area contributed by atoms with Gasteiger partial charge in [-0.15, -0.1) is 23.2 Å². The molecule has 1 N–H and O–H groups in total. The third-order valence-electron chi connectivity index (χ3n) is 5.71. The van der Waals surface area contributed by atoms with Gasteiger partial charge in [-0.05, 0) is 55.3 Å². The van der Waals surface area contributed by atoms with Crippen molar-refractivity contribution in [2.24, 2.45) is 11.8 Å². The van der Waals surface area contributed by atoms with Crippen molar-refractivity contribution in [2.75, 3.05) is 16.8 Å². The second-order valence-electron chi connectivity index (χ2n) is 7.91. The van der Waals surface area contributed by atoms with Crippen LogP contribution in [0.25, 0.3) is 0 Å². The van der Waals surface area contributed by atoms with Crippen molar-refractivity contribution in [3.63, 3.8) is 0 Å². The third kappa shape index (κ3) is 4.86. The predicted octanol–water partition coefficient (Wildman–Crippen LogP) is 3.74. The van der Waals surface area contributed by atoms with E-state index in [2.05, 4.69) is 5.32 Å². The molecule has 4 atom stereocenters. The number of imide groups is 1. The average Bonchev–Trinajstić information content (AvgIpc) is 3.03. The number of fused-ring (bicyclic) bond motifs is 1. The maximum Gasteiger partial charge on any atom is 0.338 e. The topological polar surface area (TPSA) is 92.8 Å². The number of benzene rings is 2. The molecular formula is C23H19Cl2FN2O5. The van der Waals surface area contributed by atoms with Crippen LogP contribution in [0.15, 0.2) is 48.5 Å². The summed E-state index contributed by atoms with van der Waals surface area (Å²) in [4.78, 5) is 51.3. The fourth-order valence-electron chi connectivity index (χ4n) is 4.07. The van der Waals surface area contributed by atoms with Gasteiger partial charge in [-0.2, -0.15) is 0 Å². The normalized spacial score (nSPS) is 24.4. The maximum absolute atomic E-state index is 12.9. The van der Waals surface area contributed by atoms with Gasteiger partial charge in [0.15, 0.2) is 6.61 Å². The highest BCUT2D eigenvalue weighted by molar-refractivity contribution is 6.31. The second-order valence-corrected chi connectivity index (χ2v) is 9.03. The van der Waals surface area contributed by atoms with Crippen molar-refractivity contribution in [3.8, 4) is 0 Å². The molecule has 1 aliphatic carbocycles. The van der Waals surface area contributed by atoms with Crippen molar-refractivity contribution in [2.45, 2.75) is 23.6 Å². The number of nitrogens with zero attached hydrogens (tertiary/aromatic N) is 1. The van der Waals surface area contributed by atoms with Crippen LogP contribution in [0, 0.1) is 17.7 Å². The maximum atomic E-state index is 12.9. The lowest BCUT2D eigenvalue weighted by Gasteiger charge is -2.28. The minimum Gasteiger partial charge on any atom is -0.452 e. The van der Waals surface area contributed by atoms with Crippen LogP contribution in [0.4, 0.5) is 15.8 Å². The summed E-state index contributed by atoms with van der Waals surface area (Å²) < 4.78 is 18.0.